The minimum Gasteiger partial charge on any atom is -0.508 e. The Bertz CT molecular complexity index is 921. The summed E-state index contributed by atoms with van der Waals surface area (Å²) in [6, 6.07) is 4.75. The number of amides is 4. The van der Waals surface area contributed by atoms with Crippen molar-refractivity contribution in [3.05, 3.63) is 29.8 Å². The number of aromatic hydroxyl groups is 1. The van der Waals surface area contributed by atoms with Gasteiger partial charge in [0, 0.05) is 6.54 Å². The standard InChI is InChI=1S/C23H33N5O6/c1-5-6-11-26-20(31)19(15-8-7-9-16(29)13-15)28(12-10-24)21(32)17(14-18(25)30)27-22(33)34-23(2,3)4/h7-9,13,17,19,29H,5-6,11-12,14H2,1-4H3,(H2,25,30)(H,26,31)(H,27,33). The molecule has 0 saturated heterocycles. The first-order valence-corrected chi connectivity index (χ1v) is 10.9. The molecular weight excluding hydrogens is 442 g/mol. The van der Waals surface area contributed by atoms with Crippen molar-refractivity contribution in [2.75, 3.05) is 13.1 Å². The van der Waals surface area contributed by atoms with Crippen molar-refractivity contribution in [3.63, 3.8) is 0 Å². The number of hydrogen-bond donors (Lipinski definition) is 4. The maximum absolute atomic E-state index is 13.5. The molecule has 0 heterocycles. The van der Waals surface area contributed by atoms with E-state index in [0.29, 0.717) is 13.0 Å². The molecule has 1 rings (SSSR count). The number of unbranched alkanes of at least 4 members (excludes halogenated alkanes) is 1. The van der Waals surface area contributed by atoms with Gasteiger partial charge in [0.15, 0.2) is 0 Å². The van der Waals surface area contributed by atoms with Gasteiger partial charge >= 0.3 is 6.09 Å². The number of nitrogens with one attached hydrogen (secondary N) is 2. The van der Waals surface area contributed by atoms with Crippen LogP contribution in [0.3, 0.4) is 0 Å². The van der Waals surface area contributed by atoms with Gasteiger partial charge in [0.25, 0.3) is 0 Å². The Morgan fingerprint density at radius 1 is 1.26 bits per heavy atom. The largest absolute Gasteiger partial charge is 0.508 e. The molecule has 2 atom stereocenters. The highest BCUT2D eigenvalue weighted by molar-refractivity contribution is 5.94. The van der Waals surface area contributed by atoms with Gasteiger partial charge in [-0.1, -0.05) is 25.5 Å². The smallest absolute Gasteiger partial charge is 0.408 e. The molecule has 34 heavy (non-hydrogen) atoms. The van der Waals surface area contributed by atoms with E-state index in [1.54, 1.807) is 20.8 Å². The SMILES string of the molecule is CCCCNC(=O)C(c1cccc(O)c1)N(CC#N)C(=O)C(CC(N)=O)NC(=O)OC(C)(C)C. The molecule has 0 aliphatic heterocycles. The number of phenolic OH excluding ortho intramolecular Hbond substituents is 1. The summed E-state index contributed by atoms with van der Waals surface area (Å²) in [5.74, 6) is -2.50. The Morgan fingerprint density at radius 3 is 2.47 bits per heavy atom. The predicted octanol–water partition coefficient (Wildman–Crippen LogP) is 1.47. The second-order valence-electron chi connectivity index (χ2n) is 8.64. The lowest BCUT2D eigenvalue weighted by molar-refractivity contribution is -0.142. The van der Waals surface area contributed by atoms with Crippen LogP contribution < -0.4 is 16.4 Å². The number of nitrogens with two attached hydrogens (primary N) is 1. The van der Waals surface area contributed by atoms with Crippen molar-refractivity contribution in [2.45, 2.75) is 64.6 Å². The zero-order valence-corrected chi connectivity index (χ0v) is 20.0. The van der Waals surface area contributed by atoms with Gasteiger partial charge in [0.05, 0.1) is 12.5 Å². The van der Waals surface area contributed by atoms with Crippen molar-refractivity contribution in [3.8, 4) is 11.8 Å². The van der Waals surface area contributed by atoms with Gasteiger partial charge in [-0.3, -0.25) is 14.4 Å². The van der Waals surface area contributed by atoms with Crippen LogP contribution in [0.5, 0.6) is 5.75 Å². The molecule has 0 spiro atoms. The molecule has 1 aromatic rings. The molecule has 0 radical (unpaired) electrons. The fourth-order valence-electron chi connectivity index (χ4n) is 3.08. The van der Waals surface area contributed by atoms with E-state index in [1.807, 2.05) is 13.0 Å². The third-order valence-electron chi connectivity index (χ3n) is 4.49. The normalized spacial score (nSPS) is 12.6. The Labute approximate surface area is 199 Å². The lowest BCUT2D eigenvalue weighted by atomic mass is 10.0. The van der Waals surface area contributed by atoms with E-state index in [-0.39, 0.29) is 11.3 Å². The van der Waals surface area contributed by atoms with Gasteiger partial charge in [-0.25, -0.2) is 4.79 Å². The van der Waals surface area contributed by atoms with Crippen molar-refractivity contribution < 1.29 is 29.0 Å². The third-order valence-corrected chi connectivity index (χ3v) is 4.49. The van der Waals surface area contributed by atoms with Crippen molar-refractivity contribution in [1.29, 1.82) is 5.26 Å². The van der Waals surface area contributed by atoms with Crippen LogP contribution in [-0.4, -0.2) is 58.6 Å². The summed E-state index contributed by atoms with van der Waals surface area (Å²) in [5, 5.41) is 24.4. The second-order valence-corrected chi connectivity index (χ2v) is 8.64. The molecule has 0 aliphatic carbocycles. The zero-order valence-electron chi connectivity index (χ0n) is 20.0. The van der Waals surface area contributed by atoms with Crippen molar-refractivity contribution >= 4 is 23.8 Å². The lowest BCUT2D eigenvalue weighted by Crippen LogP contribution is -2.54. The fourth-order valence-corrected chi connectivity index (χ4v) is 3.08. The first-order valence-electron chi connectivity index (χ1n) is 10.9. The van der Waals surface area contributed by atoms with Crippen LogP contribution in [0, 0.1) is 11.3 Å². The molecule has 186 valence electrons. The highest BCUT2D eigenvalue weighted by atomic mass is 16.6. The van der Waals surface area contributed by atoms with E-state index in [4.69, 9.17) is 10.5 Å². The molecule has 2 unspecified atom stereocenters. The van der Waals surface area contributed by atoms with E-state index in [9.17, 15) is 29.5 Å². The molecule has 0 aliphatic rings. The van der Waals surface area contributed by atoms with Crippen LogP contribution in [-0.2, 0) is 19.1 Å². The Morgan fingerprint density at radius 2 is 1.94 bits per heavy atom. The number of nitriles is 1. The number of carbonyl (C=O) groups excluding carboxylic acids is 4. The quantitative estimate of drug-likeness (QED) is 0.277. The topological polar surface area (TPSA) is 175 Å². The summed E-state index contributed by atoms with van der Waals surface area (Å²) >= 11 is 0. The molecule has 0 saturated carbocycles. The summed E-state index contributed by atoms with van der Waals surface area (Å²) in [4.78, 5) is 51.4. The van der Waals surface area contributed by atoms with Gasteiger partial charge in [0.2, 0.25) is 17.7 Å². The van der Waals surface area contributed by atoms with Crippen LogP contribution in [0.15, 0.2) is 24.3 Å². The minimum absolute atomic E-state index is 0.145. The van der Waals surface area contributed by atoms with Gasteiger partial charge < -0.3 is 31.1 Å². The van der Waals surface area contributed by atoms with Crippen LogP contribution >= 0.6 is 0 Å². The highest BCUT2D eigenvalue weighted by Gasteiger charge is 2.37. The van der Waals surface area contributed by atoms with Crippen molar-refractivity contribution in [1.82, 2.24) is 15.5 Å². The van der Waals surface area contributed by atoms with E-state index < -0.39 is 54.5 Å². The molecule has 0 fully saturated rings. The minimum atomic E-state index is -1.48. The van der Waals surface area contributed by atoms with Gasteiger partial charge in [0.1, 0.15) is 30.0 Å². The predicted molar refractivity (Wildman–Crippen MR) is 123 cm³/mol. The molecule has 0 aromatic heterocycles. The summed E-state index contributed by atoms with van der Waals surface area (Å²) in [6.07, 6.45) is -0.0389. The number of hydrogen-bond acceptors (Lipinski definition) is 7. The molecular formula is C23H33N5O6. The van der Waals surface area contributed by atoms with E-state index >= 15 is 0 Å². The summed E-state index contributed by atoms with van der Waals surface area (Å²) < 4.78 is 5.16. The van der Waals surface area contributed by atoms with Crippen LogP contribution in [0.2, 0.25) is 0 Å². The van der Waals surface area contributed by atoms with Gasteiger partial charge in [-0.2, -0.15) is 5.26 Å². The lowest BCUT2D eigenvalue weighted by Gasteiger charge is -2.32. The molecule has 4 amide bonds. The van der Waals surface area contributed by atoms with E-state index in [2.05, 4.69) is 10.6 Å². The van der Waals surface area contributed by atoms with E-state index in [0.717, 1.165) is 11.3 Å². The van der Waals surface area contributed by atoms with Crippen LogP contribution in [0.4, 0.5) is 4.79 Å². The number of benzene rings is 1. The van der Waals surface area contributed by atoms with Crippen molar-refractivity contribution in [2.24, 2.45) is 5.73 Å². The number of rotatable bonds is 11. The summed E-state index contributed by atoms with van der Waals surface area (Å²) in [6.45, 7) is 6.61. The number of carbonyl (C=O) groups is 4. The summed E-state index contributed by atoms with van der Waals surface area (Å²) in [5.41, 5.74) is 4.65. The third kappa shape index (κ3) is 9.36. The van der Waals surface area contributed by atoms with Gasteiger partial charge in [-0.05, 0) is 44.9 Å². The molecule has 1 aromatic carbocycles. The number of ether oxygens (including phenoxy) is 1. The number of alkyl carbamates (subject to hydrolysis) is 1. The molecule has 0 bridgehead atoms. The zero-order chi connectivity index (χ0) is 25.9. The molecule has 11 heteroatoms. The fraction of sp³-hybridized carbons (Fsp3) is 0.522. The number of nitrogens with zero attached hydrogens (tertiary/aromatic N) is 2. The highest BCUT2D eigenvalue weighted by Crippen LogP contribution is 2.25. The molecule has 11 nitrogen and oxygen atoms in total. The van der Waals surface area contributed by atoms with Crippen LogP contribution in [0.25, 0.3) is 0 Å². The maximum atomic E-state index is 13.5. The first-order chi connectivity index (χ1) is 15.9. The Balaban J connectivity index is 3.39. The maximum Gasteiger partial charge on any atom is 0.408 e. The molecule has 5 N–H and O–H groups in total. The van der Waals surface area contributed by atoms with E-state index in [1.165, 1.54) is 24.3 Å². The monoisotopic (exact) mass is 475 g/mol. The average molecular weight is 476 g/mol. The van der Waals surface area contributed by atoms with Crippen LogP contribution in [0.1, 0.15) is 58.6 Å². The first kappa shape index (κ1) is 28.2. The second kappa shape index (κ2) is 13.0. The average Bonchev–Trinajstić information content (AvgIpc) is 2.71. The number of primary amides is 1. The summed E-state index contributed by atoms with van der Waals surface area (Å²) in [7, 11) is 0. The Hall–Kier alpha value is -3.81. The van der Waals surface area contributed by atoms with Gasteiger partial charge in [-0.15, -0.1) is 0 Å². The Kier molecular flexibility index (Phi) is 10.8. The number of phenols is 1.